The third-order valence-corrected chi connectivity index (χ3v) is 5.35. The molecular weight excluding hydrogens is 694 g/mol. The lowest BCUT2D eigenvalue weighted by molar-refractivity contribution is -0.470. The van der Waals surface area contributed by atoms with Gasteiger partial charge in [-0.3, -0.25) is 0 Å². The van der Waals surface area contributed by atoms with Crippen molar-refractivity contribution in [3.63, 3.8) is 0 Å². The lowest BCUT2D eigenvalue weighted by atomic mass is 9.85. The van der Waals surface area contributed by atoms with Crippen LogP contribution in [-0.2, 0) is 10.1 Å². The summed E-state index contributed by atoms with van der Waals surface area (Å²) >= 11 is 0. The number of quaternary nitrogens is 1. The van der Waals surface area contributed by atoms with Gasteiger partial charge in [0.05, 0.1) is 0 Å². The smallest absolute Gasteiger partial charge is 0.425 e. The zero-order valence-corrected chi connectivity index (χ0v) is 18.6. The highest BCUT2D eigenvalue weighted by molar-refractivity contribution is 7.86. The van der Waals surface area contributed by atoms with Crippen molar-refractivity contribution in [2.45, 2.75) is 70.9 Å². The Morgan fingerprint density at radius 2 is 0.610 bits per heavy atom. The highest BCUT2D eigenvalue weighted by Crippen LogP contribution is 2.66. The molecule has 0 aliphatic heterocycles. The highest BCUT2D eigenvalue weighted by Gasteiger charge is 2.98. The van der Waals surface area contributed by atoms with Crippen molar-refractivity contribution in [1.29, 1.82) is 0 Å². The summed E-state index contributed by atoms with van der Waals surface area (Å²) in [6.45, 7) is 0. The molecule has 41 heavy (non-hydrogen) atoms. The SMILES string of the molecule is O=S(=O)([O-])C(F)(F)C(F)(F)C(F)(F)C(F)(F)C(F)(F)C(F)(F)C(F)(F)C(F)(F)C(F)(F)C(F)(F)C(F)C(F)(F)F.[NH4+]. The van der Waals surface area contributed by atoms with E-state index in [4.69, 9.17) is 0 Å². The molecule has 1 unspecified atom stereocenters. The molecule has 29 heteroatoms. The van der Waals surface area contributed by atoms with Crippen LogP contribution in [0.2, 0.25) is 0 Å². The first kappa shape index (κ1) is 41.3. The van der Waals surface area contributed by atoms with Crippen LogP contribution in [0.4, 0.5) is 105 Å². The molecule has 0 aromatic heterocycles. The molecule has 250 valence electrons. The molecule has 0 spiro atoms. The first-order chi connectivity index (χ1) is 16.7. The van der Waals surface area contributed by atoms with Crippen LogP contribution in [0.15, 0.2) is 0 Å². The molecule has 0 saturated heterocycles. The van der Waals surface area contributed by atoms with E-state index in [-0.39, 0.29) is 6.15 Å². The molecule has 0 aliphatic carbocycles. The van der Waals surface area contributed by atoms with Crippen LogP contribution in [-0.4, -0.2) is 83.9 Å². The lowest BCUT2D eigenvalue weighted by Crippen LogP contribution is -2.77. The second-order valence-electron chi connectivity index (χ2n) is 7.09. The predicted molar refractivity (Wildman–Crippen MR) is 76.1 cm³/mol. The summed E-state index contributed by atoms with van der Waals surface area (Å²) in [5.41, 5.74) is 0. The molecule has 0 fully saturated rings. The Morgan fingerprint density at radius 3 is 0.805 bits per heavy atom. The fourth-order valence-corrected chi connectivity index (χ4v) is 2.54. The Kier molecular flexibility index (Phi) is 9.94. The Balaban J connectivity index is 0. The van der Waals surface area contributed by atoms with Crippen molar-refractivity contribution in [3.05, 3.63) is 0 Å². The van der Waals surface area contributed by atoms with Gasteiger partial charge in [-0.15, -0.1) is 0 Å². The molecule has 0 heterocycles. The number of alkyl halides is 24. The van der Waals surface area contributed by atoms with Gasteiger partial charge in [0.25, 0.3) is 6.17 Å². The summed E-state index contributed by atoms with van der Waals surface area (Å²) in [6.07, 6.45) is -14.3. The van der Waals surface area contributed by atoms with Crippen LogP contribution in [0.25, 0.3) is 0 Å². The fourth-order valence-electron chi connectivity index (χ4n) is 2.10. The molecule has 0 bridgehead atoms. The maximum Gasteiger partial charge on any atom is 0.425 e. The summed E-state index contributed by atoms with van der Waals surface area (Å²) in [7, 11) is -8.45. The molecule has 0 rings (SSSR count). The van der Waals surface area contributed by atoms with Crippen LogP contribution < -0.4 is 6.15 Å². The Bertz CT molecular complexity index is 1060. The highest BCUT2D eigenvalue weighted by atomic mass is 32.2. The van der Waals surface area contributed by atoms with E-state index >= 15 is 0 Å². The van der Waals surface area contributed by atoms with Gasteiger partial charge in [-0.05, 0) is 0 Å². The number of hydrogen-bond acceptors (Lipinski definition) is 3. The maximum atomic E-state index is 13.5. The van der Waals surface area contributed by atoms with Crippen molar-refractivity contribution in [2.24, 2.45) is 0 Å². The topological polar surface area (TPSA) is 93.7 Å². The normalized spacial score (nSPS) is 17.3. The maximum absolute atomic E-state index is 13.5. The van der Waals surface area contributed by atoms with Crippen LogP contribution in [0.5, 0.6) is 0 Å². The van der Waals surface area contributed by atoms with Crippen molar-refractivity contribution >= 4 is 10.1 Å². The molecule has 0 amide bonds. The number of halogens is 24. The van der Waals surface area contributed by atoms with E-state index in [0.29, 0.717) is 0 Å². The minimum atomic E-state index is -9.64. The predicted octanol–water partition coefficient (Wildman–Crippen LogP) is 7.12. The zero-order valence-electron chi connectivity index (χ0n) is 17.8. The van der Waals surface area contributed by atoms with Gasteiger partial charge in [0.15, 0.2) is 10.1 Å². The van der Waals surface area contributed by atoms with E-state index in [2.05, 4.69) is 0 Å². The summed E-state index contributed by atoms with van der Waals surface area (Å²) in [5.74, 6) is -83.4. The quantitative estimate of drug-likeness (QED) is 0.184. The second-order valence-corrected chi connectivity index (χ2v) is 8.51. The van der Waals surface area contributed by atoms with E-state index in [9.17, 15) is 118 Å². The average Bonchev–Trinajstić information content (AvgIpc) is 2.70. The van der Waals surface area contributed by atoms with Gasteiger partial charge in [0.2, 0.25) is 0 Å². The van der Waals surface area contributed by atoms with Crippen molar-refractivity contribution in [1.82, 2.24) is 6.15 Å². The van der Waals surface area contributed by atoms with E-state index in [0.717, 1.165) is 0 Å². The minimum Gasteiger partial charge on any atom is -0.743 e. The van der Waals surface area contributed by atoms with E-state index in [1.807, 2.05) is 0 Å². The third-order valence-electron chi connectivity index (χ3n) is 4.46. The molecule has 4 N–H and O–H groups in total. The molecular formula is C12H5F24NO3S. The summed E-state index contributed by atoms with van der Waals surface area (Å²) in [6, 6.07) is 0. The average molecular weight is 699 g/mol. The molecule has 1 atom stereocenters. The Morgan fingerprint density at radius 1 is 0.415 bits per heavy atom. The van der Waals surface area contributed by atoms with Gasteiger partial charge in [-0.25, -0.2) is 12.8 Å². The minimum absolute atomic E-state index is 0. The molecule has 0 saturated carbocycles. The molecule has 0 radical (unpaired) electrons. The molecule has 0 aromatic rings. The van der Waals surface area contributed by atoms with Gasteiger partial charge in [0, 0.05) is 0 Å². The number of hydrogen-bond donors (Lipinski definition) is 1. The van der Waals surface area contributed by atoms with E-state index < -0.39 is 81.0 Å². The van der Waals surface area contributed by atoms with Crippen LogP contribution in [0, 0.1) is 0 Å². The number of rotatable bonds is 11. The zero-order chi connectivity index (χ0) is 33.6. The van der Waals surface area contributed by atoms with Gasteiger partial charge in [-0.2, -0.15) is 101 Å². The van der Waals surface area contributed by atoms with Crippen molar-refractivity contribution in [3.8, 4) is 0 Å². The summed E-state index contributed by atoms with van der Waals surface area (Å²) in [4.78, 5) is 0. The Labute approximate surface area is 206 Å². The van der Waals surface area contributed by atoms with Crippen LogP contribution in [0.3, 0.4) is 0 Å². The van der Waals surface area contributed by atoms with Gasteiger partial charge >= 0.3 is 64.7 Å². The van der Waals surface area contributed by atoms with Gasteiger partial charge in [-0.1, -0.05) is 0 Å². The first-order valence-corrected chi connectivity index (χ1v) is 9.50. The van der Waals surface area contributed by atoms with Crippen molar-refractivity contribution in [2.75, 3.05) is 0 Å². The van der Waals surface area contributed by atoms with Gasteiger partial charge < -0.3 is 10.7 Å². The van der Waals surface area contributed by atoms with E-state index in [1.54, 1.807) is 0 Å². The molecule has 0 aromatic carbocycles. The standard InChI is InChI=1S/C12H2F24O3S.H3N/c13-1(3(16,17)18)2(14,15)4(19,20)5(21,22)6(23,24)7(25,26)8(27,28)9(29,30)10(31,32)11(33,34)12(35,36)40(37,38)39;/h1H,(H,37,38,39);1H3. The Hall–Kier alpha value is -1.81. The fraction of sp³-hybridized carbons (Fsp3) is 1.00. The van der Waals surface area contributed by atoms with E-state index in [1.165, 1.54) is 0 Å². The second kappa shape index (κ2) is 9.86. The molecule has 4 nitrogen and oxygen atoms in total. The monoisotopic (exact) mass is 699 g/mol. The molecule has 0 aliphatic rings. The summed E-state index contributed by atoms with van der Waals surface area (Å²) < 4.78 is 343. The summed E-state index contributed by atoms with van der Waals surface area (Å²) in [5, 5.41) is -8.28. The third kappa shape index (κ3) is 4.98. The largest absolute Gasteiger partial charge is 0.743 e. The van der Waals surface area contributed by atoms with Crippen LogP contribution in [0.1, 0.15) is 0 Å². The van der Waals surface area contributed by atoms with Crippen molar-refractivity contribution < 1.29 is 118 Å². The lowest BCUT2D eigenvalue weighted by Gasteiger charge is -2.45. The van der Waals surface area contributed by atoms with Crippen LogP contribution >= 0.6 is 0 Å². The first-order valence-electron chi connectivity index (χ1n) is 8.10. The van der Waals surface area contributed by atoms with Gasteiger partial charge in [0.1, 0.15) is 0 Å².